The van der Waals surface area contributed by atoms with Gasteiger partial charge in [0.2, 0.25) is 0 Å². The number of phosphoric acid groups is 1. The lowest BCUT2D eigenvalue weighted by molar-refractivity contribution is -0.870. The summed E-state index contributed by atoms with van der Waals surface area (Å²) in [5.74, 6) is -0.891. The van der Waals surface area contributed by atoms with Gasteiger partial charge in [-0.1, -0.05) is 134 Å². The Hall–Kier alpha value is -1.77. The average molecular weight is 784 g/mol. The van der Waals surface area contributed by atoms with Crippen molar-refractivity contribution in [3.63, 3.8) is 0 Å². The van der Waals surface area contributed by atoms with Gasteiger partial charge in [-0.05, 0) is 70.6 Å². The van der Waals surface area contributed by atoms with Crippen LogP contribution in [0.5, 0.6) is 0 Å². The van der Waals surface area contributed by atoms with Gasteiger partial charge in [0.25, 0.3) is 7.82 Å². The molecule has 0 heterocycles. The van der Waals surface area contributed by atoms with E-state index in [1.54, 1.807) is 0 Å². The van der Waals surface area contributed by atoms with Gasteiger partial charge in [0, 0.05) is 12.8 Å². The van der Waals surface area contributed by atoms with E-state index in [1.807, 2.05) is 21.1 Å². The summed E-state index contributed by atoms with van der Waals surface area (Å²) in [6, 6.07) is 0. The molecule has 0 saturated heterocycles. The molecule has 0 aliphatic rings. The van der Waals surface area contributed by atoms with Crippen molar-refractivity contribution in [2.24, 2.45) is 0 Å². The molecule has 0 rings (SSSR count). The molecule has 0 aromatic rings. The molecule has 316 valence electrons. The summed E-state index contributed by atoms with van der Waals surface area (Å²) < 4.78 is 33.8. The Morgan fingerprint density at radius 3 is 1.52 bits per heavy atom. The third-order valence-electron chi connectivity index (χ3n) is 9.13. The second kappa shape index (κ2) is 36.8. The van der Waals surface area contributed by atoms with Gasteiger partial charge >= 0.3 is 11.9 Å². The zero-order valence-corrected chi connectivity index (χ0v) is 36.3. The highest BCUT2D eigenvalue weighted by Crippen LogP contribution is 2.38. The molecule has 0 spiro atoms. The second-order valence-electron chi connectivity index (χ2n) is 15.7. The van der Waals surface area contributed by atoms with Crippen molar-refractivity contribution in [2.75, 3.05) is 47.5 Å². The highest BCUT2D eigenvalue weighted by molar-refractivity contribution is 7.45. The minimum Gasteiger partial charge on any atom is -0.756 e. The molecule has 0 aliphatic carbocycles. The number of rotatable bonds is 39. The number of carbonyl (C=O) groups excluding carboxylic acids is 2. The molecular formula is C44H82NO8P. The van der Waals surface area contributed by atoms with Crippen LogP contribution >= 0.6 is 7.82 Å². The normalized spacial score (nSPS) is 14.0. The highest BCUT2D eigenvalue weighted by atomic mass is 31.2. The fourth-order valence-electron chi connectivity index (χ4n) is 5.68. The molecule has 0 saturated carbocycles. The van der Waals surface area contributed by atoms with Crippen LogP contribution in [-0.2, 0) is 32.7 Å². The number of carbonyl (C=O) groups is 2. The third kappa shape index (κ3) is 39.9. The molecule has 0 N–H and O–H groups in total. The lowest BCUT2D eigenvalue weighted by Crippen LogP contribution is -2.37. The molecule has 54 heavy (non-hydrogen) atoms. The van der Waals surface area contributed by atoms with Crippen LogP contribution < -0.4 is 4.89 Å². The number of unbranched alkanes of at least 4 members (excludes halogenated alkanes) is 19. The van der Waals surface area contributed by atoms with Crippen molar-refractivity contribution in [1.82, 2.24) is 0 Å². The van der Waals surface area contributed by atoms with Crippen LogP contribution in [0.2, 0.25) is 0 Å². The van der Waals surface area contributed by atoms with Gasteiger partial charge < -0.3 is 27.9 Å². The topological polar surface area (TPSA) is 111 Å². The fourth-order valence-corrected chi connectivity index (χ4v) is 6.41. The highest BCUT2D eigenvalue weighted by Gasteiger charge is 2.21. The molecule has 0 amide bonds. The first-order chi connectivity index (χ1) is 26.0. The maximum absolute atomic E-state index is 12.6. The lowest BCUT2D eigenvalue weighted by Gasteiger charge is -2.28. The first-order valence-corrected chi connectivity index (χ1v) is 23.2. The summed E-state index contributed by atoms with van der Waals surface area (Å²) in [5, 5.41) is 0. The summed E-state index contributed by atoms with van der Waals surface area (Å²) >= 11 is 0. The smallest absolute Gasteiger partial charge is 0.306 e. The number of likely N-dealkylation sites (N-methyl/N-ethyl adjacent to an activating group) is 1. The zero-order valence-electron chi connectivity index (χ0n) is 35.4. The summed E-state index contributed by atoms with van der Waals surface area (Å²) in [5.41, 5.74) is 0. The Balaban J connectivity index is 4.45. The number of phosphoric ester groups is 1. The van der Waals surface area contributed by atoms with E-state index in [4.69, 9.17) is 18.5 Å². The molecule has 0 radical (unpaired) electrons. The van der Waals surface area contributed by atoms with Gasteiger partial charge in [0.1, 0.15) is 19.8 Å². The largest absolute Gasteiger partial charge is 0.756 e. The van der Waals surface area contributed by atoms with Crippen LogP contribution in [-0.4, -0.2) is 70.0 Å². The zero-order chi connectivity index (χ0) is 40.0. The maximum Gasteiger partial charge on any atom is 0.306 e. The van der Waals surface area contributed by atoms with E-state index in [1.165, 1.54) is 89.9 Å². The van der Waals surface area contributed by atoms with Gasteiger partial charge in [0.15, 0.2) is 6.10 Å². The molecule has 0 aromatic heterocycles. The molecule has 10 heteroatoms. The Labute approximate surface area is 331 Å². The Morgan fingerprint density at radius 2 is 1.00 bits per heavy atom. The molecule has 0 bridgehead atoms. The van der Waals surface area contributed by atoms with E-state index in [0.29, 0.717) is 23.9 Å². The summed E-state index contributed by atoms with van der Waals surface area (Å²) in [6.45, 7) is 4.16. The minimum atomic E-state index is -4.63. The maximum atomic E-state index is 12.6. The number of ether oxygens (including phenoxy) is 2. The number of allylic oxidation sites excluding steroid dienone is 6. The molecular weight excluding hydrogens is 701 g/mol. The summed E-state index contributed by atoms with van der Waals surface area (Å²) in [4.78, 5) is 37.5. The average Bonchev–Trinajstić information content (AvgIpc) is 3.12. The lowest BCUT2D eigenvalue weighted by atomic mass is 10.1. The SMILES string of the molecule is CCCCCCCC/C=C/C/C=C/CCCCC(=O)OC[C@H](COP(=O)([O-])OCC[N+](C)(C)C)OC(=O)CCCCC/C=C/CCCCCCCCCC. The van der Waals surface area contributed by atoms with Gasteiger partial charge in [-0.15, -0.1) is 0 Å². The molecule has 0 fully saturated rings. The fraction of sp³-hybridized carbons (Fsp3) is 0.818. The van der Waals surface area contributed by atoms with Crippen molar-refractivity contribution < 1.29 is 42.1 Å². The van der Waals surface area contributed by atoms with E-state index in [0.717, 1.165) is 51.4 Å². The van der Waals surface area contributed by atoms with Crippen LogP contribution in [0.1, 0.15) is 181 Å². The molecule has 9 nitrogen and oxygen atoms in total. The number of esters is 2. The first-order valence-electron chi connectivity index (χ1n) is 21.7. The van der Waals surface area contributed by atoms with Crippen molar-refractivity contribution in [2.45, 2.75) is 187 Å². The summed E-state index contributed by atoms with van der Waals surface area (Å²) in [6.07, 6.45) is 40.3. The standard InChI is InChI=1S/C44H82NO8P/c1-6-8-10-12-14-16-18-20-22-24-26-28-30-32-34-36-43(46)50-40-42(41-52-54(48,49)51-39-38-45(3,4)5)53-44(47)37-35-33-31-29-27-25-23-21-19-17-15-13-11-9-7-2/h20,22,25-28,42H,6-19,21,23-24,29-41H2,1-5H3/b22-20+,27-25+,28-26+/t42-/m1/s1. The van der Waals surface area contributed by atoms with Gasteiger partial charge in [-0.3, -0.25) is 14.2 Å². The van der Waals surface area contributed by atoms with Crippen LogP contribution in [0.4, 0.5) is 0 Å². The van der Waals surface area contributed by atoms with Gasteiger partial charge in [0.05, 0.1) is 27.7 Å². The van der Waals surface area contributed by atoms with E-state index in [2.05, 4.69) is 50.3 Å². The number of hydrogen-bond acceptors (Lipinski definition) is 8. The van der Waals surface area contributed by atoms with E-state index in [-0.39, 0.29) is 26.1 Å². The monoisotopic (exact) mass is 784 g/mol. The molecule has 0 aliphatic heterocycles. The quantitative estimate of drug-likeness (QED) is 0.0199. The van der Waals surface area contributed by atoms with Crippen molar-refractivity contribution in [1.29, 1.82) is 0 Å². The van der Waals surface area contributed by atoms with Crippen LogP contribution in [0.3, 0.4) is 0 Å². The number of quaternary nitrogens is 1. The van der Waals surface area contributed by atoms with Crippen LogP contribution in [0.15, 0.2) is 36.5 Å². The predicted octanol–water partition coefficient (Wildman–Crippen LogP) is 11.5. The third-order valence-corrected chi connectivity index (χ3v) is 10.1. The minimum absolute atomic E-state index is 0.0384. The first kappa shape index (κ1) is 52.2. The second-order valence-corrected chi connectivity index (χ2v) is 17.1. The molecule has 1 unspecified atom stereocenters. The van der Waals surface area contributed by atoms with Crippen molar-refractivity contribution in [3.8, 4) is 0 Å². The van der Waals surface area contributed by atoms with Crippen LogP contribution in [0, 0.1) is 0 Å². The van der Waals surface area contributed by atoms with Gasteiger partial charge in [-0.25, -0.2) is 0 Å². The van der Waals surface area contributed by atoms with Gasteiger partial charge in [-0.2, -0.15) is 0 Å². The number of hydrogen-bond donors (Lipinski definition) is 0. The summed E-state index contributed by atoms with van der Waals surface area (Å²) in [7, 11) is 1.14. The number of nitrogens with zero attached hydrogens (tertiary/aromatic N) is 1. The Bertz CT molecular complexity index is 1020. The molecule has 0 aromatic carbocycles. The van der Waals surface area contributed by atoms with Crippen LogP contribution in [0.25, 0.3) is 0 Å². The van der Waals surface area contributed by atoms with E-state index in [9.17, 15) is 19.0 Å². The molecule has 2 atom stereocenters. The van der Waals surface area contributed by atoms with Crippen molar-refractivity contribution in [3.05, 3.63) is 36.5 Å². The Kier molecular flexibility index (Phi) is 35.6. The predicted molar refractivity (Wildman–Crippen MR) is 222 cm³/mol. The van der Waals surface area contributed by atoms with E-state index < -0.39 is 32.5 Å². The van der Waals surface area contributed by atoms with E-state index >= 15 is 0 Å². The van der Waals surface area contributed by atoms with Crippen molar-refractivity contribution >= 4 is 19.8 Å². The Morgan fingerprint density at radius 1 is 0.574 bits per heavy atom.